The summed E-state index contributed by atoms with van der Waals surface area (Å²) in [6.45, 7) is 4.28. The van der Waals surface area contributed by atoms with Crippen molar-refractivity contribution in [2.45, 2.75) is 39.0 Å². The second kappa shape index (κ2) is 2.79. The summed E-state index contributed by atoms with van der Waals surface area (Å²) in [6, 6.07) is 0. The maximum absolute atomic E-state index is 4.69. The second-order valence-corrected chi connectivity index (χ2v) is 5.06. The molecule has 3 nitrogen and oxygen atoms in total. The van der Waals surface area contributed by atoms with E-state index < -0.39 is 0 Å². The number of fused-ring (bicyclic) bond motifs is 3. The van der Waals surface area contributed by atoms with Crippen molar-refractivity contribution in [1.29, 1.82) is 0 Å². The fraction of sp³-hybridized carbons (Fsp3) is 0.600. The topological polar surface area (TPSA) is 30.2 Å². The third-order valence-electron chi connectivity index (χ3n) is 3.04. The van der Waals surface area contributed by atoms with Crippen molar-refractivity contribution in [3.05, 3.63) is 16.4 Å². The molecular weight excluding hydrogens is 194 g/mol. The summed E-state index contributed by atoms with van der Waals surface area (Å²) in [5.74, 6) is 0.680. The van der Waals surface area contributed by atoms with Crippen LogP contribution in [0.25, 0.3) is 4.96 Å². The van der Waals surface area contributed by atoms with E-state index in [2.05, 4.69) is 17.0 Å². The van der Waals surface area contributed by atoms with E-state index in [0.717, 1.165) is 16.4 Å². The van der Waals surface area contributed by atoms with Crippen molar-refractivity contribution >= 4 is 16.3 Å². The van der Waals surface area contributed by atoms with Crippen molar-refractivity contribution < 1.29 is 0 Å². The van der Waals surface area contributed by atoms with Crippen LogP contribution in [0.15, 0.2) is 0 Å². The van der Waals surface area contributed by atoms with Crippen molar-refractivity contribution in [3.63, 3.8) is 0 Å². The standard InChI is InChI=1S/C10H13N3S/c1-3-7-4-5-8-9(7)11-10-13(8)12-6(2)14-10/h7H,3-5H2,1-2H3. The van der Waals surface area contributed by atoms with Gasteiger partial charge in [0.25, 0.3) is 0 Å². The summed E-state index contributed by atoms with van der Waals surface area (Å²) in [6.07, 6.45) is 3.61. The first-order chi connectivity index (χ1) is 6.79. The van der Waals surface area contributed by atoms with E-state index in [1.807, 2.05) is 11.4 Å². The molecule has 1 unspecified atom stereocenters. The Hall–Kier alpha value is -0.900. The number of hydrogen-bond donors (Lipinski definition) is 0. The Labute approximate surface area is 86.8 Å². The Morgan fingerprint density at radius 2 is 2.43 bits per heavy atom. The molecule has 1 aliphatic rings. The van der Waals surface area contributed by atoms with Gasteiger partial charge in [-0.2, -0.15) is 5.10 Å². The highest BCUT2D eigenvalue weighted by Crippen LogP contribution is 2.35. The van der Waals surface area contributed by atoms with Gasteiger partial charge in [-0.1, -0.05) is 18.3 Å². The summed E-state index contributed by atoms with van der Waals surface area (Å²) >= 11 is 1.69. The highest BCUT2D eigenvalue weighted by atomic mass is 32.1. The SMILES string of the molecule is CCC1CCc2c1nc1sc(C)nn21. The number of hydrogen-bond acceptors (Lipinski definition) is 3. The molecule has 0 radical (unpaired) electrons. The zero-order valence-corrected chi connectivity index (χ0v) is 9.27. The third kappa shape index (κ3) is 0.974. The molecule has 2 heterocycles. The number of aryl methyl sites for hydroxylation is 2. The van der Waals surface area contributed by atoms with Crippen LogP contribution in [0.1, 0.15) is 42.1 Å². The predicted molar refractivity (Wildman–Crippen MR) is 57.0 cm³/mol. The van der Waals surface area contributed by atoms with Gasteiger partial charge in [0.05, 0.1) is 11.4 Å². The van der Waals surface area contributed by atoms with Crippen LogP contribution in [0.3, 0.4) is 0 Å². The quantitative estimate of drug-likeness (QED) is 0.719. The molecule has 0 fully saturated rings. The molecule has 0 saturated carbocycles. The van der Waals surface area contributed by atoms with Gasteiger partial charge in [0.2, 0.25) is 4.96 Å². The maximum atomic E-state index is 4.69. The first-order valence-corrected chi connectivity index (χ1v) is 5.96. The molecule has 2 aromatic heterocycles. The van der Waals surface area contributed by atoms with Crippen molar-refractivity contribution in [2.24, 2.45) is 0 Å². The van der Waals surface area contributed by atoms with Crippen LogP contribution in [0.5, 0.6) is 0 Å². The average Bonchev–Trinajstić information content (AvgIpc) is 2.74. The van der Waals surface area contributed by atoms with Gasteiger partial charge in [0.1, 0.15) is 5.01 Å². The zero-order valence-electron chi connectivity index (χ0n) is 8.45. The van der Waals surface area contributed by atoms with Gasteiger partial charge < -0.3 is 0 Å². The van der Waals surface area contributed by atoms with Crippen LogP contribution in [0.2, 0.25) is 0 Å². The molecule has 3 rings (SSSR count). The second-order valence-electron chi connectivity index (χ2n) is 3.90. The van der Waals surface area contributed by atoms with Crippen LogP contribution >= 0.6 is 11.3 Å². The molecule has 1 aliphatic carbocycles. The minimum atomic E-state index is 0.680. The lowest BCUT2D eigenvalue weighted by Crippen LogP contribution is -1.91. The van der Waals surface area contributed by atoms with Crippen molar-refractivity contribution in [1.82, 2.24) is 14.6 Å². The van der Waals surface area contributed by atoms with E-state index in [9.17, 15) is 0 Å². The molecule has 14 heavy (non-hydrogen) atoms. The Morgan fingerprint density at radius 1 is 1.57 bits per heavy atom. The van der Waals surface area contributed by atoms with Crippen molar-refractivity contribution in [2.75, 3.05) is 0 Å². The number of aromatic nitrogens is 3. The Balaban J connectivity index is 2.23. The summed E-state index contributed by atoms with van der Waals surface area (Å²) in [4.78, 5) is 5.76. The van der Waals surface area contributed by atoms with Crippen LogP contribution in [0.4, 0.5) is 0 Å². The van der Waals surface area contributed by atoms with E-state index >= 15 is 0 Å². The highest BCUT2D eigenvalue weighted by molar-refractivity contribution is 7.16. The number of rotatable bonds is 1. The van der Waals surface area contributed by atoms with Gasteiger partial charge in [-0.25, -0.2) is 9.50 Å². The van der Waals surface area contributed by atoms with Gasteiger partial charge in [0, 0.05) is 5.92 Å². The minimum absolute atomic E-state index is 0.680. The molecule has 4 heteroatoms. The van der Waals surface area contributed by atoms with E-state index in [0.29, 0.717) is 5.92 Å². The summed E-state index contributed by atoms with van der Waals surface area (Å²) in [5, 5.41) is 5.59. The molecule has 0 aliphatic heterocycles. The first kappa shape index (κ1) is 8.41. The van der Waals surface area contributed by atoms with Crippen LogP contribution in [-0.4, -0.2) is 14.6 Å². The van der Waals surface area contributed by atoms with Gasteiger partial charge in [-0.15, -0.1) is 0 Å². The average molecular weight is 207 g/mol. The van der Waals surface area contributed by atoms with Crippen LogP contribution in [-0.2, 0) is 6.42 Å². The lowest BCUT2D eigenvalue weighted by Gasteiger charge is -2.01. The molecular formula is C10H13N3S. The van der Waals surface area contributed by atoms with Crippen molar-refractivity contribution in [3.8, 4) is 0 Å². The Bertz CT molecular complexity index is 483. The summed E-state index contributed by atoms with van der Waals surface area (Å²) in [7, 11) is 0. The highest BCUT2D eigenvalue weighted by Gasteiger charge is 2.27. The molecule has 0 N–H and O–H groups in total. The molecule has 2 aromatic rings. The zero-order chi connectivity index (χ0) is 9.71. The first-order valence-electron chi connectivity index (χ1n) is 5.14. The summed E-state index contributed by atoms with van der Waals surface area (Å²) in [5.41, 5.74) is 2.67. The van der Waals surface area contributed by atoms with E-state index in [4.69, 9.17) is 0 Å². The molecule has 0 aromatic carbocycles. The van der Waals surface area contributed by atoms with Crippen LogP contribution < -0.4 is 0 Å². The third-order valence-corrected chi connectivity index (χ3v) is 3.86. The van der Waals surface area contributed by atoms with Gasteiger partial charge in [-0.3, -0.25) is 0 Å². The molecule has 1 atom stereocenters. The molecule has 74 valence electrons. The normalized spacial score (nSPS) is 20.6. The largest absolute Gasteiger partial charge is 0.222 e. The lowest BCUT2D eigenvalue weighted by molar-refractivity contribution is 0.641. The van der Waals surface area contributed by atoms with E-state index in [-0.39, 0.29) is 0 Å². The predicted octanol–water partition coefficient (Wildman–Crippen LogP) is 2.54. The maximum Gasteiger partial charge on any atom is 0.212 e. The number of imidazole rings is 1. The Morgan fingerprint density at radius 3 is 3.21 bits per heavy atom. The molecule has 0 amide bonds. The van der Waals surface area contributed by atoms with E-state index in [1.165, 1.54) is 24.2 Å². The van der Waals surface area contributed by atoms with E-state index in [1.54, 1.807) is 11.3 Å². The molecule has 0 bridgehead atoms. The molecule has 0 saturated heterocycles. The summed E-state index contributed by atoms with van der Waals surface area (Å²) < 4.78 is 2.05. The van der Waals surface area contributed by atoms with Crippen LogP contribution in [0, 0.1) is 6.92 Å². The monoisotopic (exact) mass is 207 g/mol. The number of nitrogens with zero attached hydrogens (tertiary/aromatic N) is 3. The minimum Gasteiger partial charge on any atom is -0.222 e. The molecule has 0 spiro atoms. The van der Waals surface area contributed by atoms with Gasteiger partial charge in [-0.05, 0) is 26.2 Å². The van der Waals surface area contributed by atoms with Gasteiger partial charge >= 0.3 is 0 Å². The van der Waals surface area contributed by atoms with Gasteiger partial charge in [0.15, 0.2) is 0 Å². The smallest absolute Gasteiger partial charge is 0.212 e. The lowest BCUT2D eigenvalue weighted by atomic mass is 10.1. The fourth-order valence-electron chi connectivity index (χ4n) is 2.31. The Kier molecular flexibility index (Phi) is 1.68. The fourth-order valence-corrected chi connectivity index (χ4v) is 3.08.